The van der Waals surface area contributed by atoms with Crippen molar-refractivity contribution >= 4 is 16.9 Å². The van der Waals surface area contributed by atoms with E-state index in [2.05, 4.69) is 32.3 Å². The number of hydrazine groups is 1. The van der Waals surface area contributed by atoms with Crippen molar-refractivity contribution < 1.29 is 0 Å². The number of nitrogens with two attached hydrogens (primary N) is 1. The van der Waals surface area contributed by atoms with Crippen molar-refractivity contribution in [3.05, 3.63) is 41.9 Å². The number of benzene rings is 1. The van der Waals surface area contributed by atoms with Crippen molar-refractivity contribution in [1.29, 1.82) is 0 Å². The van der Waals surface area contributed by atoms with Gasteiger partial charge in [0.15, 0.2) is 5.82 Å². The summed E-state index contributed by atoms with van der Waals surface area (Å²) in [6.07, 6.45) is 4.18. The van der Waals surface area contributed by atoms with Gasteiger partial charge < -0.3 is 5.43 Å². The third-order valence-corrected chi connectivity index (χ3v) is 3.43. The SMILES string of the molecule is CCc1c(C)nc(-c2ccc3nccnc3c2)nc1NN. The molecule has 0 saturated heterocycles. The summed E-state index contributed by atoms with van der Waals surface area (Å²) in [6, 6.07) is 5.79. The Morgan fingerprint density at radius 1 is 1.10 bits per heavy atom. The number of rotatable bonds is 3. The molecular formula is C15H16N6. The minimum absolute atomic E-state index is 0.630. The molecule has 0 spiro atoms. The van der Waals surface area contributed by atoms with Gasteiger partial charge >= 0.3 is 0 Å². The number of aromatic nitrogens is 4. The topological polar surface area (TPSA) is 89.6 Å². The molecule has 0 amide bonds. The fourth-order valence-corrected chi connectivity index (χ4v) is 2.37. The van der Waals surface area contributed by atoms with Crippen LogP contribution in [0.4, 0.5) is 5.82 Å². The van der Waals surface area contributed by atoms with Crippen molar-refractivity contribution in [3.8, 4) is 11.4 Å². The van der Waals surface area contributed by atoms with Gasteiger partial charge in [-0.3, -0.25) is 9.97 Å². The molecular weight excluding hydrogens is 264 g/mol. The zero-order chi connectivity index (χ0) is 14.8. The average Bonchev–Trinajstić information content (AvgIpc) is 2.53. The van der Waals surface area contributed by atoms with Crippen molar-refractivity contribution in [2.24, 2.45) is 5.84 Å². The van der Waals surface area contributed by atoms with Crippen molar-refractivity contribution in [3.63, 3.8) is 0 Å². The van der Waals surface area contributed by atoms with Gasteiger partial charge in [-0.2, -0.15) is 0 Å². The molecule has 106 valence electrons. The summed E-state index contributed by atoms with van der Waals surface area (Å²) in [7, 11) is 0. The van der Waals surface area contributed by atoms with Crippen LogP contribution in [0.1, 0.15) is 18.2 Å². The summed E-state index contributed by atoms with van der Waals surface area (Å²) >= 11 is 0. The largest absolute Gasteiger partial charge is 0.308 e. The lowest BCUT2D eigenvalue weighted by Gasteiger charge is -2.11. The van der Waals surface area contributed by atoms with Crippen LogP contribution in [0.25, 0.3) is 22.4 Å². The Kier molecular flexibility index (Phi) is 3.45. The molecule has 0 radical (unpaired) electrons. The average molecular weight is 280 g/mol. The van der Waals surface area contributed by atoms with Gasteiger partial charge in [0.25, 0.3) is 0 Å². The molecule has 2 heterocycles. The van der Waals surface area contributed by atoms with Gasteiger partial charge in [0.1, 0.15) is 5.82 Å². The summed E-state index contributed by atoms with van der Waals surface area (Å²) < 4.78 is 0. The van der Waals surface area contributed by atoms with E-state index in [4.69, 9.17) is 5.84 Å². The van der Waals surface area contributed by atoms with E-state index in [0.29, 0.717) is 11.6 Å². The van der Waals surface area contributed by atoms with E-state index in [-0.39, 0.29) is 0 Å². The first kappa shape index (κ1) is 13.4. The highest BCUT2D eigenvalue weighted by Gasteiger charge is 2.11. The van der Waals surface area contributed by atoms with Gasteiger partial charge in [0, 0.05) is 29.2 Å². The van der Waals surface area contributed by atoms with Crippen LogP contribution >= 0.6 is 0 Å². The second-order valence-electron chi connectivity index (χ2n) is 4.72. The number of nitrogen functional groups attached to an aromatic ring is 1. The first-order valence-corrected chi connectivity index (χ1v) is 6.78. The third-order valence-electron chi connectivity index (χ3n) is 3.43. The smallest absolute Gasteiger partial charge is 0.161 e. The standard InChI is InChI=1S/C15H16N6/c1-3-11-9(2)19-14(20-15(11)21-16)10-4-5-12-13(8-10)18-7-6-17-12/h4-8H,3,16H2,1-2H3,(H,19,20,21). The monoisotopic (exact) mass is 280 g/mol. The van der Waals surface area contributed by atoms with Crippen molar-refractivity contribution in [2.45, 2.75) is 20.3 Å². The first-order chi connectivity index (χ1) is 10.2. The van der Waals surface area contributed by atoms with Crippen molar-refractivity contribution in [2.75, 3.05) is 5.43 Å². The number of fused-ring (bicyclic) bond motifs is 1. The van der Waals surface area contributed by atoms with E-state index in [0.717, 1.165) is 34.3 Å². The number of nitrogens with zero attached hydrogens (tertiary/aromatic N) is 4. The normalized spacial score (nSPS) is 10.8. The molecule has 0 aliphatic rings. The molecule has 2 aromatic heterocycles. The summed E-state index contributed by atoms with van der Waals surface area (Å²) in [5, 5.41) is 0. The number of nitrogens with one attached hydrogen (secondary N) is 1. The molecule has 0 bridgehead atoms. The van der Waals surface area contributed by atoms with Crippen LogP contribution in [0.5, 0.6) is 0 Å². The van der Waals surface area contributed by atoms with Crippen LogP contribution in [0.3, 0.4) is 0 Å². The highest BCUT2D eigenvalue weighted by molar-refractivity contribution is 5.79. The number of anilines is 1. The van der Waals surface area contributed by atoms with Crippen LogP contribution in [-0.4, -0.2) is 19.9 Å². The molecule has 3 rings (SSSR count). The maximum atomic E-state index is 5.57. The molecule has 6 nitrogen and oxygen atoms in total. The van der Waals surface area contributed by atoms with Crippen molar-refractivity contribution in [1.82, 2.24) is 19.9 Å². The van der Waals surface area contributed by atoms with Gasteiger partial charge in [-0.25, -0.2) is 15.8 Å². The Balaban J connectivity index is 2.15. The maximum absolute atomic E-state index is 5.57. The lowest BCUT2D eigenvalue weighted by molar-refractivity contribution is 0.995. The third kappa shape index (κ3) is 2.41. The summed E-state index contributed by atoms with van der Waals surface area (Å²) in [5.74, 6) is 6.87. The zero-order valence-corrected chi connectivity index (χ0v) is 12.0. The van der Waals surface area contributed by atoms with Gasteiger partial charge in [0.05, 0.1) is 11.0 Å². The number of hydrogen-bond donors (Lipinski definition) is 2. The second-order valence-corrected chi connectivity index (χ2v) is 4.72. The molecule has 3 aromatic rings. The number of hydrogen-bond acceptors (Lipinski definition) is 6. The molecule has 0 aliphatic heterocycles. The quantitative estimate of drug-likeness (QED) is 0.565. The summed E-state index contributed by atoms with van der Waals surface area (Å²) in [4.78, 5) is 17.6. The molecule has 0 atom stereocenters. The zero-order valence-electron chi connectivity index (χ0n) is 12.0. The van der Waals surface area contributed by atoms with Gasteiger partial charge in [-0.1, -0.05) is 6.92 Å². The number of aryl methyl sites for hydroxylation is 1. The van der Waals surface area contributed by atoms with E-state index in [1.54, 1.807) is 12.4 Å². The first-order valence-electron chi connectivity index (χ1n) is 6.78. The lowest BCUT2D eigenvalue weighted by Crippen LogP contribution is -2.13. The fourth-order valence-electron chi connectivity index (χ4n) is 2.37. The van der Waals surface area contributed by atoms with Crippen LogP contribution in [-0.2, 0) is 6.42 Å². The molecule has 0 aliphatic carbocycles. The van der Waals surface area contributed by atoms with Crippen LogP contribution in [0.15, 0.2) is 30.6 Å². The van der Waals surface area contributed by atoms with Gasteiger partial charge in [-0.05, 0) is 31.5 Å². The maximum Gasteiger partial charge on any atom is 0.161 e. The van der Waals surface area contributed by atoms with Gasteiger partial charge in [-0.15, -0.1) is 0 Å². The van der Waals surface area contributed by atoms with E-state index >= 15 is 0 Å². The summed E-state index contributed by atoms with van der Waals surface area (Å²) in [5.41, 5.74) is 7.17. The minimum atomic E-state index is 0.630. The molecule has 0 unspecified atom stereocenters. The molecule has 6 heteroatoms. The van der Waals surface area contributed by atoms with Crippen LogP contribution in [0, 0.1) is 6.92 Å². The van der Waals surface area contributed by atoms with Crippen LogP contribution in [0.2, 0.25) is 0 Å². The fraction of sp³-hybridized carbons (Fsp3) is 0.200. The highest BCUT2D eigenvalue weighted by atomic mass is 15.3. The predicted molar refractivity (Wildman–Crippen MR) is 82.5 cm³/mol. The molecule has 3 N–H and O–H groups in total. The Hall–Kier alpha value is -2.60. The molecule has 0 saturated carbocycles. The Bertz CT molecular complexity index is 799. The molecule has 21 heavy (non-hydrogen) atoms. The highest BCUT2D eigenvalue weighted by Crippen LogP contribution is 2.24. The van der Waals surface area contributed by atoms with E-state index in [9.17, 15) is 0 Å². The van der Waals surface area contributed by atoms with E-state index < -0.39 is 0 Å². The minimum Gasteiger partial charge on any atom is -0.308 e. The Morgan fingerprint density at radius 3 is 2.57 bits per heavy atom. The Labute approximate surface area is 122 Å². The van der Waals surface area contributed by atoms with E-state index in [1.807, 2.05) is 25.1 Å². The second kappa shape index (κ2) is 5.41. The molecule has 1 aromatic carbocycles. The Morgan fingerprint density at radius 2 is 1.86 bits per heavy atom. The predicted octanol–water partition coefficient (Wildman–Crippen LogP) is 2.24. The van der Waals surface area contributed by atoms with E-state index in [1.165, 1.54) is 0 Å². The summed E-state index contributed by atoms with van der Waals surface area (Å²) in [6.45, 7) is 4.02. The molecule has 0 fully saturated rings. The van der Waals surface area contributed by atoms with Gasteiger partial charge in [0.2, 0.25) is 0 Å². The lowest BCUT2D eigenvalue weighted by atomic mass is 10.1. The van der Waals surface area contributed by atoms with Crippen LogP contribution < -0.4 is 11.3 Å².